The van der Waals surface area contributed by atoms with Crippen molar-refractivity contribution in [1.82, 2.24) is 15.2 Å². The summed E-state index contributed by atoms with van der Waals surface area (Å²) in [5.74, 6) is 0. The Morgan fingerprint density at radius 2 is 1.84 bits per heavy atom. The highest BCUT2D eigenvalue weighted by Crippen LogP contribution is 2.28. The van der Waals surface area contributed by atoms with Crippen molar-refractivity contribution in [3.8, 4) is 11.3 Å². The zero-order valence-corrected chi connectivity index (χ0v) is 11.6. The molecule has 0 radical (unpaired) electrons. The summed E-state index contributed by atoms with van der Waals surface area (Å²) in [4.78, 5) is 4.30. The van der Waals surface area contributed by atoms with Gasteiger partial charge in [-0.2, -0.15) is 5.10 Å². The Bertz CT molecular complexity index is 816. The average molecular weight is 267 g/mol. The SMILES string of the molecule is Cc1c(-c2cncc3ccccc23)n[nH]c(=S)c1C. The molecule has 3 nitrogen and oxygen atoms in total. The van der Waals surface area contributed by atoms with Crippen LogP contribution in [0.25, 0.3) is 22.0 Å². The first kappa shape index (κ1) is 12.0. The van der Waals surface area contributed by atoms with Crippen molar-refractivity contribution in [1.29, 1.82) is 0 Å². The molecule has 0 atom stereocenters. The molecule has 3 rings (SSSR count). The molecular weight excluding hydrogens is 254 g/mol. The van der Waals surface area contributed by atoms with Crippen molar-refractivity contribution in [3.05, 3.63) is 52.4 Å². The van der Waals surface area contributed by atoms with Gasteiger partial charge in [0.25, 0.3) is 0 Å². The summed E-state index contributed by atoms with van der Waals surface area (Å²) < 4.78 is 0.689. The van der Waals surface area contributed by atoms with Crippen LogP contribution >= 0.6 is 12.2 Å². The normalized spacial score (nSPS) is 10.8. The Hall–Kier alpha value is -2.07. The van der Waals surface area contributed by atoms with Gasteiger partial charge in [-0.15, -0.1) is 0 Å². The van der Waals surface area contributed by atoms with Crippen LogP contribution in [-0.2, 0) is 0 Å². The van der Waals surface area contributed by atoms with Crippen molar-refractivity contribution in [2.45, 2.75) is 13.8 Å². The van der Waals surface area contributed by atoms with Gasteiger partial charge in [0.1, 0.15) is 4.64 Å². The average Bonchev–Trinajstić information content (AvgIpc) is 2.45. The topological polar surface area (TPSA) is 41.6 Å². The van der Waals surface area contributed by atoms with E-state index in [1.54, 1.807) is 0 Å². The standard InChI is InChI=1S/C15H13N3S/c1-9-10(2)15(19)18-17-14(9)13-8-16-7-11-5-3-4-6-12(11)13/h3-8H,1-2H3,(H,18,19). The minimum absolute atomic E-state index is 0.689. The maximum absolute atomic E-state index is 5.21. The van der Waals surface area contributed by atoms with Crippen LogP contribution < -0.4 is 0 Å². The fourth-order valence-electron chi connectivity index (χ4n) is 2.19. The van der Waals surface area contributed by atoms with Gasteiger partial charge in [-0.05, 0) is 30.4 Å². The second-order valence-electron chi connectivity index (χ2n) is 4.56. The number of hydrogen-bond donors (Lipinski definition) is 1. The van der Waals surface area contributed by atoms with Gasteiger partial charge in [0.2, 0.25) is 0 Å². The smallest absolute Gasteiger partial charge is 0.122 e. The number of hydrogen-bond acceptors (Lipinski definition) is 3. The third kappa shape index (κ3) is 1.94. The number of benzene rings is 1. The van der Waals surface area contributed by atoms with Gasteiger partial charge in [-0.3, -0.25) is 10.1 Å². The number of pyridine rings is 1. The number of H-pyrrole nitrogens is 1. The number of rotatable bonds is 1. The van der Waals surface area contributed by atoms with E-state index in [1.165, 1.54) is 0 Å². The minimum atomic E-state index is 0.689. The minimum Gasteiger partial charge on any atom is -0.267 e. The lowest BCUT2D eigenvalue weighted by molar-refractivity contribution is 0.987. The van der Waals surface area contributed by atoms with Gasteiger partial charge < -0.3 is 0 Å². The first-order valence-corrected chi connectivity index (χ1v) is 6.48. The van der Waals surface area contributed by atoms with Crippen molar-refractivity contribution in [3.63, 3.8) is 0 Å². The first-order valence-electron chi connectivity index (χ1n) is 6.07. The quantitative estimate of drug-likeness (QED) is 0.678. The molecule has 2 aromatic heterocycles. The van der Waals surface area contributed by atoms with Gasteiger partial charge in [0.15, 0.2) is 0 Å². The van der Waals surface area contributed by atoms with Crippen LogP contribution in [0, 0.1) is 18.5 Å². The van der Waals surface area contributed by atoms with E-state index in [9.17, 15) is 0 Å². The second-order valence-corrected chi connectivity index (χ2v) is 4.97. The number of aromatic amines is 1. The fraction of sp³-hybridized carbons (Fsp3) is 0.133. The van der Waals surface area contributed by atoms with Crippen molar-refractivity contribution < 1.29 is 0 Å². The predicted molar refractivity (Wildman–Crippen MR) is 79.6 cm³/mol. The lowest BCUT2D eigenvalue weighted by Crippen LogP contribution is -1.97. The molecule has 0 aliphatic rings. The van der Waals surface area contributed by atoms with E-state index in [2.05, 4.69) is 27.3 Å². The van der Waals surface area contributed by atoms with Gasteiger partial charge in [-0.1, -0.05) is 36.5 Å². The van der Waals surface area contributed by atoms with Crippen molar-refractivity contribution >= 4 is 23.0 Å². The van der Waals surface area contributed by atoms with Crippen LogP contribution in [0.1, 0.15) is 11.1 Å². The lowest BCUT2D eigenvalue weighted by Gasteiger charge is -2.09. The molecule has 0 saturated carbocycles. The van der Waals surface area contributed by atoms with Crippen LogP contribution in [0.3, 0.4) is 0 Å². The summed E-state index contributed by atoms with van der Waals surface area (Å²) in [6.45, 7) is 4.06. The van der Waals surface area contributed by atoms with E-state index >= 15 is 0 Å². The Kier molecular flexibility index (Phi) is 2.87. The van der Waals surface area contributed by atoms with E-state index in [-0.39, 0.29) is 0 Å². The number of nitrogens with zero attached hydrogens (tertiary/aromatic N) is 2. The fourth-order valence-corrected chi connectivity index (χ4v) is 2.39. The molecule has 0 spiro atoms. The molecule has 1 aromatic carbocycles. The van der Waals surface area contributed by atoms with Crippen LogP contribution in [0.5, 0.6) is 0 Å². The molecule has 0 saturated heterocycles. The van der Waals surface area contributed by atoms with E-state index in [1.807, 2.05) is 38.4 Å². The molecule has 4 heteroatoms. The summed E-state index contributed by atoms with van der Waals surface area (Å²) in [5.41, 5.74) is 4.11. The maximum Gasteiger partial charge on any atom is 0.122 e. The number of aromatic nitrogens is 3. The van der Waals surface area contributed by atoms with Gasteiger partial charge in [0, 0.05) is 23.3 Å². The first-order chi connectivity index (χ1) is 9.18. The van der Waals surface area contributed by atoms with Gasteiger partial charge >= 0.3 is 0 Å². The summed E-state index contributed by atoms with van der Waals surface area (Å²) >= 11 is 5.21. The number of fused-ring (bicyclic) bond motifs is 1. The Labute approximate surface area is 116 Å². The zero-order valence-electron chi connectivity index (χ0n) is 10.8. The summed E-state index contributed by atoms with van der Waals surface area (Å²) in [6.07, 6.45) is 3.72. The molecular formula is C15H13N3S. The second kappa shape index (κ2) is 4.55. The molecule has 0 aliphatic heterocycles. The highest BCUT2D eigenvalue weighted by atomic mass is 32.1. The van der Waals surface area contributed by atoms with Crippen LogP contribution in [0.15, 0.2) is 36.7 Å². The highest BCUT2D eigenvalue weighted by molar-refractivity contribution is 7.71. The summed E-state index contributed by atoms with van der Waals surface area (Å²) in [6, 6.07) is 8.18. The third-order valence-electron chi connectivity index (χ3n) is 3.45. The Morgan fingerprint density at radius 3 is 2.68 bits per heavy atom. The molecule has 3 aromatic rings. The van der Waals surface area contributed by atoms with Crippen molar-refractivity contribution in [2.24, 2.45) is 0 Å². The van der Waals surface area contributed by atoms with E-state index in [0.29, 0.717) is 4.64 Å². The predicted octanol–water partition coefficient (Wildman–Crippen LogP) is 3.97. The number of nitrogens with one attached hydrogen (secondary N) is 1. The van der Waals surface area contributed by atoms with E-state index in [0.717, 1.165) is 33.2 Å². The molecule has 2 heterocycles. The summed E-state index contributed by atoms with van der Waals surface area (Å²) in [7, 11) is 0. The highest BCUT2D eigenvalue weighted by Gasteiger charge is 2.10. The van der Waals surface area contributed by atoms with E-state index in [4.69, 9.17) is 12.2 Å². The van der Waals surface area contributed by atoms with Crippen LogP contribution in [0.4, 0.5) is 0 Å². The van der Waals surface area contributed by atoms with Gasteiger partial charge in [0.05, 0.1) is 5.69 Å². The lowest BCUT2D eigenvalue weighted by atomic mass is 10.0. The molecule has 0 fully saturated rings. The Morgan fingerprint density at radius 1 is 1.05 bits per heavy atom. The van der Waals surface area contributed by atoms with Crippen molar-refractivity contribution in [2.75, 3.05) is 0 Å². The zero-order chi connectivity index (χ0) is 13.4. The monoisotopic (exact) mass is 267 g/mol. The molecule has 94 valence electrons. The van der Waals surface area contributed by atoms with Gasteiger partial charge in [-0.25, -0.2) is 0 Å². The van der Waals surface area contributed by atoms with Crippen LogP contribution in [0.2, 0.25) is 0 Å². The third-order valence-corrected chi connectivity index (χ3v) is 3.85. The van der Waals surface area contributed by atoms with Crippen LogP contribution in [-0.4, -0.2) is 15.2 Å². The maximum atomic E-state index is 5.21. The summed E-state index contributed by atoms with van der Waals surface area (Å²) in [5, 5.41) is 9.56. The largest absolute Gasteiger partial charge is 0.267 e. The molecule has 0 amide bonds. The molecule has 19 heavy (non-hydrogen) atoms. The molecule has 0 unspecified atom stereocenters. The Balaban J connectivity index is 2.37. The molecule has 1 N–H and O–H groups in total. The molecule has 0 aliphatic carbocycles. The van der Waals surface area contributed by atoms with E-state index < -0.39 is 0 Å². The molecule has 0 bridgehead atoms.